The van der Waals surface area contributed by atoms with Crippen LogP contribution in [0, 0.1) is 0 Å². The first-order valence-electron chi connectivity index (χ1n) is 6.31. The van der Waals surface area contributed by atoms with Crippen molar-refractivity contribution in [2.45, 2.75) is 25.4 Å². The van der Waals surface area contributed by atoms with Gasteiger partial charge in [0.05, 0.1) is 5.56 Å². The number of methoxy groups -OCH3 is 1. The fraction of sp³-hybridized carbons (Fsp3) is 0.500. The van der Waals surface area contributed by atoms with Crippen molar-refractivity contribution in [1.29, 1.82) is 0 Å². The van der Waals surface area contributed by atoms with Gasteiger partial charge in [-0.25, -0.2) is 4.79 Å². The number of esters is 1. The van der Waals surface area contributed by atoms with E-state index < -0.39 is 0 Å². The van der Waals surface area contributed by atoms with Crippen molar-refractivity contribution in [2.75, 3.05) is 20.5 Å². The minimum atomic E-state index is -0.327. The Morgan fingerprint density at radius 1 is 1.47 bits per heavy atom. The lowest BCUT2D eigenvalue weighted by molar-refractivity contribution is 0.0201. The fourth-order valence-corrected chi connectivity index (χ4v) is 2.19. The zero-order valence-corrected chi connectivity index (χ0v) is 10.9. The Balaban J connectivity index is 2.19. The molecule has 0 saturated heterocycles. The van der Waals surface area contributed by atoms with Crippen molar-refractivity contribution in [3.8, 4) is 5.75 Å². The molecule has 1 N–H and O–H groups in total. The van der Waals surface area contributed by atoms with Gasteiger partial charge in [0.25, 0.3) is 0 Å². The number of aliphatic hydroxyl groups is 1. The molecular formula is C14H18O5. The molecule has 0 amide bonds. The van der Waals surface area contributed by atoms with Crippen LogP contribution in [0.25, 0.3) is 0 Å². The summed E-state index contributed by atoms with van der Waals surface area (Å²) in [6, 6.07) is 5.32. The molecule has 5 heteroatoms. The maximum absolute atomic E-state index is 11.9. The Morgan fingerprint density at radius 3 is 3.05 bits per heavy atom. The minimum Gasteiger partial charge on any atom is -0.467 e. The van der Waals surface area contributed by atoms with Gasteiger partial charge in [0.1, 0.15) is 11.9 Å². The van der Waals surface area contributed by atoms with E-state index in [1.807, 2.05) is 6.07 Å². The maximum atomic E-state index is 11.9. The third-order valence-electron chi connectivity index (χ3n) is 3.07. The van der Waals surface area contributed by atoms with Crippen LogP contribution in [0.5, 0.6) is 5.75 Å². The number of aliphatic hydroxyl groups excluding tert-OH is 1. The summed E-state index contributed by atoms with van der Waals surface area (Å²) in [4.78, 5) is 11.9. The summed E-state index contributed by atoms with van der Waals surface area (Å²) in [6.45, 7) is 0.246. The Labute approximate surface area is 112 Å². The van der Waals surface area contributed by atoms with E-state index >= 15 is 0 Å². The summed E-state index contributed by atoms with van der Waals surface area (Å²) >= 11 is 0. The Hall–Kier alpha value is -1.59. The molecule has 0 aromatic heterocycles. The van der Waals surface area contributed by atoms with Gasteiger partial charge in [0.15, 0.2) is 6.79 Å². The molecule has 1 aliphatic heterocycles. The molecule has 19 heavy (non-hydrogen) atoms. The number of fused-ring (bicyclic) bond motifs is 1. The first-order valence-corrected chi connectivity index (χ1v) is 6.31. The lowest BCUT2D eigenvalue weighted by Gasteiger charge is -2.26. The highest BCUT2D eigenvalue weighted by molar-refractivity contribution is 5.93. The van der Waals surface area contributed by atoms with Gasteiger partial charge < -0.3 is 19.3 Å². The van der Waals surface area contributed by atoms with Crippen LogP contribution in [0.15, 0.2) is 18.2 Å². The molecule has 0 aliphatic carbocycles. The molecule has 0 unspecified atom stereocenters. The van der Waals surface area contributed by atoms with Crippen molar-refractivity contribution >= 4 is 5.97 Å². The van der Waals surface area contributed by atoms with Gasteiger partial charge in [0.2, 0.25) is 0 Å². The van der Waals surface area contributed by atoms with E-state index in [0.717, 1.165) is 5.56 Å². The minimum absolute atomic E-state index is 0.0999. The Bertz CT molecular complexity index is 443. The molecule has 0 spiro atoms. The molecule has 0 saturated carbocycles. The molecule has 1 aromatic carbocycles. The second-order valence-corrected chi connectivity index (χ2v) is 4.43. The van der Waals surface area contributed by atoms with E-state index in [1.54, 1.807) is 19.2 Å². The molecule has 2 rings (SSSR count). The average molecular weight is 266 g/mol. The molecule has 0 radical (unpaired) electrons. The van der Waals surface area contributed by atoms with Gasteiger partial charge in [-0.15, -0.1) is 0 Å². The highest BCUT2D eigenvalue weighted by Crippen LogP contribution is 2.30. The van der Waals surface area contributed by atoms with Crippen LogP contribution in [-0.4, -0.2) is 37.7 Å². The SMILES string of the molecule is COCOc1cccc2c1C[C@H](CCCO)OC2=O. The van der Waals surface area contributed by atoms with Crippen molar-refractivity contribution in [1.82, 2.24) is 0 Å². The van der Waals surface area contributed by atoms with E-state index in [-0.39, 0.29) is 25.5 Å². The standard InChI is InChI=1S/C14H18O5/c1-17-9-18-13-6-2-5-11-12(13)8-10(4-3-7-15)19-14(11)16/h2,5-6,10,15H,3-4,7-9H2,1H3/t10-/m0/s1. The first-order chi connectivity index (χ1) is 9.26. The van der Waals surface area contributed by atoms with Gasteiger partial charge in [-0.2, -0.15) is 0 Å². The number of carbonyl (C=O) groups excluding carboxylic acids is 1. The van der Waals surface area contributed by atoms with E-state index in [1.165, 1.54) is 0 Å². The third kappa shape index (κ3) is 3.24. The van der Waals surface area contributed by atoms with Crippen LogP contribution in [-0.2, 0) is 15.9 Å². The van der Waals surface area contributed by atoms with Crippen LogP contribution >= 0.6 is 0 Å². The molecule has 104 valence electrons. The maximum Gasteiger partial charge on any atom is 0.338 e. The van der Waals surface area contributed by atoms with E-state index in [2.05, 4.69) is 0 Å². The van der Waals surface area contributed by atoms with Crippen LogP contribution in [0.3, 0.4) is 0 Å². The zero-order valence-electron chi connectivity index (χ0n) is 10.9. The number of hydrogen-bond donors (Lipinski definition) is 1. The average Bonchev–Trinajstić information content (AvgIpc) is 2.43. The zero-order chi connectivity index (χ0) is 13.7. The number of ether oxygens (including phenoxy) is 3. The van der Waals surface area contributed by atoms with Gasteiger partial charge in [-0.1, -0.05) is 6.07 Å². The van der Waals surface area contributed by atoms with Crippen LogP contribution in [0.1, 0.15) is 28.8 Å². The number of hydrogen-bond acceptors (Lipinski definition) is 5. The number of cyclic esters (lactones) is 1. The molecule has 0 bridgehead atoms. The van der Waals surface area contributed by atoms with Gasteiger partial charge >= 0.3 is 5.97 Å². The summed E-state index contributed by atoms with van der Waals surface area (Å²) < 4.78 is 15.7. The quantitative estimate of drug-likeness (QED) is 0.624. The summed E-state index contributed by atoms with van der Waals surface area (Å²) in [5.41, 5.74) is 1.41. The molecule has 0 fully saturated rings. The van der Waals surface area contributed by atoms with Crippen LogP contribution in [0.2, 0.25) is 0 Å². The Kier molecular flexibility index (Phi) is 4.76. The van der Waals surface area contributed by atoms with Crippen molar-refractivity contribution in [2.24, 2.45) is 0 Å². The largest absolute Gasteiger partial charge is 0.467 e. The smallest absolute Gasteiger partial charge is 0.338 e. The molecule has 1 atom stereocenters. The number of benzene rings is 1. The second kappa shape index (κ2) is 6.54. The van der Waals surface area contributed by atoms with Gasteiger partial charge in [-0.05, 0) is 25.0 Å². The van der Waals surface area contributed by atoms with Gasteiger partial charge in [0, 0.05) is 25.7 Å². The summed E-state index contributed by atoms with van der Waals surface area (Å²) in [7, 11) is 1.55. The summed E-state index contributed by atoms with van der Waals surface area (Å²) in [6.07, 6.45) is 1.69. The normalized spacial score (nSPS) is 17.8. The lowest BCUT2D eigenvalue weighted by atomic mass is 9.95. The number of rotatable bonds is 6. The highest BCUT2D eigenvalue weighted by Gasteiger charge is 2.28. The monoisotopic (exact) mass is 266 g/mol. The molecule has 1 aliphatic rings. The second-order valence-electron chi connectivity index (χ2n) is 4.43. The summed E-state index contributed by atoms with van der Waals surface area (Å²) in [5, 5.41) is 8.85. The molecule has 1 aromatic rings. The van der Waals surface area contributed by atoms with Crippen LogP contribution < -0.4 is 4.74 Å². The van der Waals surface area contributed by atoms with E-state index in [9.17, 15) is 4.79 Å². The molecule has 1 heterocycles. The van der Waals surface area contributed by atoms with Crippen molar-refractivity contribution < 1.29 is 24.1 Å². The third-order valence-corrected chi connectivity index (χ3v) is 3.07. The summed E-state index contributed by atoms with van der Waals surface area (Å²) in [5.74, 6) is 0.331. The van der Waals surface area contributed by atoms with Crippen LogP contribution in [0.4, 0.5) is 0 Å². The molecule has 5 nitrogen and oxygen atoms in total. The van der Waals surface area contributed by atoms with E-state index in [4.69, 9.17) is 19.3 Å². The predicted molar refractivity (Wildman–Crippen MR) is 68.2 cm³/mol. The predicted octanol–water partition coefficient (Wildman–Crippen LogP) is 1.52. The fourth-order valence-electron chi connectivity index (χ4n) is 2.19. The van der Waals surface area contributed by atoms with E-state index in [0.29, 0.717) is 30.6 Å². The topological polar surface area (TPSA) is 65.0 Å². The lowest BCUT2D eigenvalue weighted by Crippen LogP contribution is -2.28. The Morgan fingerprint density at radius 2 is 2.32 bits per heavy atom. The number of carbonyl (C=O) groups is 1. The van der Waals surface area contributed by atoms with Crippen molar-refractivity contribution in [3.05, 3.63) is 29.3 Å². The first kappa shape index (κ1) is 13.8. The van der Waals surface area contributed by atoms with Gasteiger partial charge in [-0.3, -0.25) is 0 Å². The molecular weight excluding hydrogens is 248 g/mol. The highest BCUT2D eigenvalue weighted by atomic mass is 16.7. The van der Waals surface area contributed by atoms with Crippen molar-refractivity contribution in [3.63, 3.8) is 0 Å².